The molecule has 0 fully saturated rings. The Bertz CT molecular complexity index is 1410. The molecule has 0 aromatic heterocycles. The minimum atomic E-state index is -0.508. The van der Waals surface area contributed by atoms with Crippen molar-refractivity contribution in [2.24, 2.45) is 0 Å². The lowest BCUT2D eigenvalue weighted by atomic mass is 10.1. The highest BCUT2D eigenvalue weighted by molar-refractivity contribution is 5.73. The summed E-state index contributed by atoms with van der Waals surface area (Å²) in [5, 5.41) is 0. The molecule has 0 unspecified atom stereocenters. The van der Waals surface area contributed by atoms with Gasteiger partial charge in [0, 0.05) is 51.0 Å². The number of hydrogen-bond donors (Lipinski definition) is 0. The molecule has 0 bridgehead atoms. The lowest BCUT2D eigenvalue weighted by Gasteiger charge is -2.07. The lowest BCUT2D eigenvalue weighted by Crippen LogP contribution is -2.05. The predicted octanol–water partition coefficient (Wildman–Crippen LogP) is 4.19. The van der Waals surface area contributed by atoms with Gasteiger partial charge in [-0.1, -0.05) is 23.7 Å². The van der Waals surface area contributed by atoms with Crippen LogP contribution in [0.15, 0.2) is 60.7 Å². The number of carbonyl (C=O) groups is 4. The van der Waals surface area contributed by atoms with Crippen LogP contribution in [0.2, 0.25) is 0 Å². The molecule has 0 heterocycles. The fourth-order valence-corrected chi connectivity index (χ4v) is 3.08. The van der Waals surface area contributed by atoms with E-state index in [1.165, 1.54) is 64.1 Å². The topological polar surface area (TPSA) is 105 Å². The monoisotopic (exact) mass is 510 g/mol. The Morgan fingerprint density at radius 2 is 0.816 bits per heavy atom. The molecule has 0 aliphatic heterocycles. The molecule has 3 aromatic carbocycles. The second kappa shape index (κ2) is 12.6. The average Bonchev–Trinajstić information content (AvgIpc) is 2.83. The zero-order chi connectivity index (χ0) is 27.7. The number of rotatable bonds is 4. The van der Waals surface area contributed by atoms with Gasteiger partial charge in [0.2, 0.25) is 0 Å². The molecular formula is C30H22O8. The molecule has 8 heteroatoms. The summed E-state index contributed by atoms with van der Waals surface area (Å²) in [4.78, 5) is 45.4. The van der Waals surface area contributed by atoms with Crippen molar-refractivity contribution in [1.82, 2.24) is 0 Å². The maximum Gasteiger partial charge on any atom is 0.308 e. The van der Waals surface area contributed by atoms with E-state index in [9.17, 15) is 19.2 Å². The minimum Gasteiger partial charge on any atom is -0.427 e. The number of hydrogen-bond acceptors (Lipinski definition) is 8. The first-order chi connectivity index (χ1) is 18.1. The smallest absolute Gasteiger partial charge is 0.308 e. The number of carbonyl (C=O) groups excluding carboxylic acids is 4. The van der Waals surface area contributed by atoms with Crippen molar-refractivity contribution in [3.05, 3.63) is 82.9 Å². The summed E-state index contributed by atoms with van der Waals surface area (Å²) in [5.41, 5.74) is 2.04. The zero-order valence-electron chi connectivity index (χ0n) is 21.0. The van der Waals surface area contributed by atoms with E-state index in [0.29, 0.717) is 22.3 Å². The molecule has 0 saturated carbocycles. The maximum absolute atomic E-state index is 11.4. The van der Waals surface area contributed by atoms with E-state index in [1.807, 2.05) is 0 Å². The molecule has 190 valence electrons. The van der Waals surface area contributed by atoms with Crippen LogP contribution in [0.3, 0.4) is 0 Å². The average molecular weight is 510 g/mol. The van der Waals surface area contributed by atoms with E-state index in [4.69, 9.17) is 18.9 Å². The van der Waals surface area contributed by atoms with Crippen LogP contribution in [0.5, 0.6) is 23.0 Å². The summed E-state index contributed by atoms with van der Waals surface area (Å²) >= 11 is 0. The fourth-order valence-electron chi connectivity index (χ4n) is 3.08. The quantitative estimate of drug-likeness (QED) is 0.292. The van der Waals surface area contributed by atoms with Crippen LogP contribution in [-0.2, 0) is 19.2 Å². The third kappa shape index (κ3) is 8.40. The third-order valence-electron chi connectivity index (χ3n) is 4.50. The maximum atomic E-state index is 11.4. The van der Waals surface area contributed by atoms with Crippen LogP contribution in [0, 0.1) is 23.7 Å². The van der Waals surface area contributed by atoms with E-state index in [0.717, 1.165) is 0 Å². The number of esters is 4. The number of benzene rings is 3. The van der Waals surface area contributed by atoms with Crippen molar-refractivity contribution in [2.75, 3.05) is 0 Å². The van der Waals surface area contributed by atoms with Gasteiger partial charge < -0.3 is 18.9 Å². The van der Waals surface area contributed by atoms with Gasteiger partial charge in [-0.25, -0.2) is 0 Å². The van der Waals surface area contributed by atoms with E-state index >= 15 is 0 Å². The van der Waals surface area contributed by atoms with Crippen molar-refractivity contribution >= 4 is 23.9 Å². The van der Waals surface area contributed by atoms with Crippen LogP contribution in [0.1, 0.15) is 49.9 Å². The highest BCUT2D eigenvalue weighted by Crippen LogP contribution is 2.25. The van der Waals surface area contributed by atoms with Gasteiger partial charge in [-0.2, -0.15) is 0 Å². The highest BCUT2D eigenvalue weighted by atomic mass is 16.5. The van der Waals surface area contributed by atoms with Crippen molar-refractivity contribution in [3.63, 3.8) is 0 Å². The summed E-state index contributed by atoms with van der Waals surface area (Å²) in [7, 11) is 0. The Morgan fingerprint density at radius 1 is 0.474 bits per heavy atom. The van der Waals surface area contributed by atoms with Crippen molar-refractivity contribution in [3.8, 4) is 46.7 Å². The SMILES string of the molecule is CC(=O)Oc1ccc(OC(C)=O)c(C#Cc2ccc(C#Cc3cc(OC(C)=O)ccc3OC(C)=O)cc2)c1. The van der Waals surface area contributed by atoms with Gasteiger partial charge in [0.1, 0.15) is 23.0 Å². The molecule has 3 aromatic rings. The normalized spacial score (nSPS) is 9.58. The van der Waals surface area contributed by atoms with Crippen molar-refractivity contribution in [2.45, 2.75) is 27.7 Å². The molecule has 3 rings (SSSR count). The Balaban J connectivity index is 1.87. The first kappa shape index (κ1) is 27.3. The Kier molecular flexibility index (Phi) is 9.01. The predicted molar refractivity (Wildman–Crippen MR) is 137 cm³/mol. The van der Waals surface area contributed by atoms with Gasteiger partial charge in [0.25, 0.3) is 0 Å². The third-order valence-corrected chi connectivity index (χ3v) is 4.50. The molecule has 0 amide bonds. The molecule has 0 atom stereocenters. The fraction of sp³-hybridized carbons (Fsp3) is 0.133. The van der Waals surface area contributed by atoms with E-state index in [2.05, 4.69) is 23.7 Å². The largest absolute Gasteiger partial charge is 0.427 e. The molecule has 0 saturated heterocycles. The van der Waals surface area contributed by atoms with E-state index in [-0.39, 0.29) is 23.0 Å². The van der Waals surface area contributed by atoms with Crippen LogP contribution in [-0.4, -0.2) is 23.9 Å². The summed E-state index contributed by atoms with van der Waals surface area (Å²) in [6, 6.07) is 16.0. The minimum absolute atomic E-state index is 0.239. The Morgan fingerprint density at radius 3 is 1.13 bits per heavy atom. The molecule has 8 nitrogen and oxygen atoms in total. The first-order valence-electron chi connectivity index (χ1n) is 11.2. The van der Waals surface area contributed by atoms with Crippen LogP contribution < -0.4 is 18.9 Å². The van der Waals surface area contributed by atoms with Crippen LogP contribution in [0.4, 0.5) is 0 Å². The molecule has 0 aliphatic rings. The Labute approximate surface area is 219 Å². The highest BCUT2D eigenvalue weighted by Gasteiger charge is 2.09. The van der Waals surface area contributed by atoms with Gasteiger partial charge in [0.15, 0.2) is 0 Å². The summed E-state index contributed by atoms with van der Waals surface area (Å²) < 4.78 is 20.6. The number of ether oxygens (including phenoxy) is 4. The van der Waals surface area contributed by atoms with Gasteiger partial charge in [-0.15, -0.1) is 0 Å². The molecule has 0 aliphatic carbocycles. The standard InChI is InChI=1S/C30H22O8/c1-19(31)35-27-13-15-29(37-21(3)33)25(17-27)11-9-23-5-7-24(8-6-23)10-12-26-18-28(36-20(2)32)14-16-30(26)38-22(4)34/h5-8,13-18H,1-4H3. The van der Waals surface area contributed by atoms with Crippen molar-refractivity contribution in [1.29, 1.82) is 0 Å². The van der Waals surface area contributed by atoms with Crippen LogP contribution >= 0.6 is 0 Å². The van der Waals surface area contributed by atoms with Gasteiger partial charge >= 0.3 is 23.9 Å². The van der Waals surface area contributed by atoms with Gasteiger partial charge in [0.05, 0.1) is 11.1 Å². The summed E-state index contributed by atoms with van der Waals surface area (Å²) in [6.45, 7) is 5.12. The molecule has 0 radical (unpaired) electrons. The molecular weight excluding hydrogens is 488 g/mol. The van der Waals surface area contributed by atoms with Crippen molar-refractivity contribution < 1.29 is 38.1 Å². The van der Waals surface area contributed by atoms with Gasteiger partial charge in [-0.3, -0.25) is 19.2 Å². The molecule has 0 N–H and O–H groups in total. The zero-order valence-corrected chi connectivity index (χ0v) is 21.0. The second-order valence-corrected chi connectivity index (χ2v) is 7.77. The second-order valence-electron chi connectivity index (χ2n) is 7.77. The molecule has 38 heavy (non-hydrogen) atoms. The summed E-state index contributed by atoms with van der Waals surface area (Å²) in [6.07, 6.45) is 0. The van der Waals surface area contributed by atoms with E-state index in [1.54, 1.807) is 24.3 Å². The van der Waals surface area contributed by atoms with E-state index < -0.39 is 23.9 Å². The van der Waals surface area contributed by atoms with Crippen LogP contribution in [0.25, 0.3) is 0 Å². The first-order valence-corrected chi connectivity index (χ1v) is 11.2. The lowest BCUT2D eigenvalue weighted by molar-refractivity contribution is -0.133. The summed E-state index contributed by atoms with van der Waals surface area (Å²) in [5.74, 6) is 10.8. The van der Waals surface area contributed by atoms with Gasteiger partial charge in [-0.05, 0) is 48.5 Å². The molecule has 0 spiro atoms. The Hall–Kier alpha value is -5.34.